The van der Waals surface area contributed by atoms with Crippen molar-refractivity contribution < 1.29 is 24.0 Å². The van der Waals surface area contributed by atoms with Gasteiger partial charge in [-0.3, -0.25) is 24.1 Å². The number of rotatable bonds is 6. The summed E-state index contributed by atoms with van der Waals surface area (Å²) in [7, 11) is 0. The summed E-state index contributed by atoms with van der Waals surface area (Å²) in [5.74, 6) is -1.80. The van der Waals surface area contributed by atoms with E-state index in [1.54, 1.807) is 6.92 Å². The van der Waals surface area contributed by atoms with Gasteiger partial charge in [0.05, 0.1) is 11.5 Å². The average molecular weight is 381 g/mol. The minimum absolute atomic E-state index is 0.0600. The van der Waals surface area contributed by atoms with Gasteiger partial charge in [-0.1, -0.05) is 12.1 Å². The van der Waals surface area contributed by atoms with E-state index in [9.17, 15) is 24.5 Å². The Morgan fingerprint density at radius 1 is 1.21 bits per heavy atom. The highest BCUT2D eigenvalue weighted by atomic mass is 16.6. The first kappa shape index (κ1) is 18.9. The molecule has 3 aromatic rings. The van der Waals surface area contributed by atoms with E-state index in [1.165, 1.54) is 53.9 Å². The van der Waals surface area contributed by atoms with Gasteiger partial charge in [-0.2, -0.15) is 0 Å². The Labute approximate surface area is 158 Å². The zero-order valence-electron chi connectivity index (χ0n) is 15.0. The summed E-state index contributed by atoms with van der Waals surface area (Å²) >= 11 is 0. The molecule has 0 unspecified atom stereocenters. The number of ether oxygens (including phenoxy) is 1. The van der Waals surface area contributed by atoms with Crippen molar-refractivity contribution in [2.45, 2.75) is 13.8 Å². The number of nitro benzene ring substituents is 1. The number of carbonyl (C=O) groups is 3. The van der Waals surface area contributed by atoms with E-state index in [1.807, 2.05) is 0 Å². The molecule has 0 saturated heterocycles. The molecule has 0 bridgehead atoms. The van der Waals surface area contributed by atoms with E-state index >= 15 is 0 Å². The minimum atomic E-state index is -0.836. The number of fused-ring (bicyclic) bond motifs is 1. The SMILES string of the molecule is CCOC(=O)c1nc2cc(C(C)=O)ccn2c1C(=O)c1ccccc1[N+](=O)[O-]. The number of aromatic nitrogens is 2. The third kappa shape index (κ3) is 3.25. The molecular weight excluding hydrogens is 366 g/mol. The van der Waals surface area contributed by atoms with Crippen LogP contribution in [0.4, 0.5) is 5.69 Å². The lowest BCUT2D eigenvalue weighted by Gasteiger charge is -2.06. The molecule has 0 atom stereocenters. The van der Waals surface area contributed by atoms with Crippen LogP contribution in [-0.2, 0) is 4.74 Å². The van der Waals surface area contributed by atoms with E-state index in [0.29, 0.717) is 5.56 Å². The molecule has 0 aliphatic rings. The molecule has 0 fully saturated rings. The maximum atomic E-state index is 13.2. The monoisotopic (exact) mass is 381 g/mol. The number of Topliss-reactive ketones (excluding diaryl/α,β-unsaturated/α-hetero) is 1. The summed E-state index contributed by atoms with van der Waals surface area (Å²) in [5.41, 5.74) is -0.494. The van der Waals surface area contributed by atoms with Gasteiger partial charge in [0.1, 0.15) is 16.9 Å². The Morgan fingerprint density at radius 2 is 1.93 bits per heavy atom. The highest BCUT2D eigenvalue weighted by Gasteiger charge is 2.30. The first-order chi connectivity index (χ1) is 13.3. The van der Waals surface area contributed by atoms with E-state index < -0.39 is 22.4 Å². The topological polar surface area (TPSA) is 121 Å². The van der Waals surface area contributed by atoms with Crippen molar-refractivity contribution in [3.05, 3.63) is 75.2 Å². The van der Waals surface area contributed by atoms with Gasteiger partial charge >= 0.3 is 5.97 Å². The highest BCUT2D eigenvalue weighted by Crippen LogP contribution is 2.25. The molecule has 0 N–H and O–H groups in total. The normalized spacial score (nSPS) is 10.6. The van der Waals surface area contributed by atoms with E-state index in [-0.39, 0.29) is 35.0 Å². The summed E-state index contributed by atoms with van der Waals surface area (Å²) in [6, 6.07) is 8.34. The lowest BCUT2D eigenvalue weighted by molar-refractivity contribution is -0.385. The molecule has 9 heteroatoms. The lowest BCUT2D eigenvalue weighted by atomic mass is 10.0. The van der Waals surface area contributed by atoms with Gasteiger partial charge in [-0.15, -0.1) is 0 Å². The van der Waals surface area contributed by atoms with Gasteiger partial charge in [0.2, 0.25) is 5.78 Å². The number of imidazole rings is 1. The molecule has 1 aromatic carbocycles. The molecule has 142 valence electrons. The summed E-state index contributed by atoms with van der Waals surface area (Å²) in [4.78, 5) is 51.9. The first-order valence-electron chi connectivity index (χ1n) is 8.33. The zero-order chi connectivity index (χ0) is 20.4. The van der Waals surface area contributed by atoms with Crippen molar-refractivity contribution in [3.63, 3.8) is 0 Å². The number of ketones is 2. The lowest BCUT2D eigenvalue weighted by Crippen LogP contribution is -2.15. The predicted octanol–water partition coefficient (Wildman–Crippen LogP) is 2.85. The largest absolute Gasteiger partial charge is 0.461 e. The van der Waals surface area contributed by atoms with Crippen LogP contribution >= 0.6 is 0 Å². The van der Waals surface area contributed by atoms with Crippen LogP contribution in [-0.4, -0.2) is 38.5 Å². The van der Waals surface area contributed by atoms with Crippen molar-refractivity contribution >= 4 is 28.9 Å². The Kier molecular flexibility index (Phi) is 4.99. The molecule has 0 aliphatic heterocycles. The molecule has 3 rings (SSSR count). The third-order valence-corrected chi connectivity index (χ3v) is 4.06. The van der Waals surface area contributed by atoms with E-state index in [2.05, 4.69) is 4.98 Å². The first-order valence-corrected chi connectivity index (χ1v) is 8.33. The Morgan fingerprint density at radius 3 is 2.57 bits per heavy atom. The highest BCUT2D eigenvalue weighted by molar-refractivity contribution is 6.15. The molecule has 0 spiro atoms. The molecule has 0 radical (unpaired) electrons. The van der Waals surface area contributed by atoms with Crippen LogP contribution in [0.3, 0.4) is 0 Å². The van der Waals surface area contributed by atoms with Crippen molar-refractivity contribution in [1.82, 2.24) is 9.38 Å². The van der Waals surface area contributed by atoms with Crippen molar-refractivity contribution in [2.75, 3.05) is 6.61 Å². The molecule has 28 heavy (non-hydrogen) atoms. The smallest absolute Gasteiger partial charge is 0.359 e. The van der Waals surface area contributed by atoms with Crippen LogP contribution in [0, 0.1) is 10.1 Å². The number of carbonyl (C=O) groups excluding carboxylic acids is 3. The second kappa shape index (κ2) is 7.39. The molecule has 2 aromatic heterocycles. The number of benzene rings is 1. The second-order valence-corrected chi connectivity index (χ2v) is 5.83. The molecular formula is C19H15N3O6. The van der Waals surface area contributed by atoms with Crippen LogP contribution in [0.15, 0.2) is 42.6 Å². The Hall–Kier alpha value is -3.88. The van der Waals surface area contributed by atoms with Gasteiger partial charge in [-0.05, 0) is 32.0 Å². The van der Waals surface area contributed by atoms with E-state index in [4.69, 9.17) is 4.74 Å². The standard InChI is InChI=1S/C19H15N3O6/c1-3-28-19(25)16-17(18(24)13-6-4-5-7-14(13)22(26)27)21-9-8-12(11(2)23)10-15(21)20-16/h4-10H,3H2,1-2H3. The average Bonchev–Trinajstić information content (AvgIpc) is 3.06. The molecule has 0 amide bonds. The second-order valence-electron chi connectivity index (χ2n) is 5.83. The summed E-state index contributed by atoms with van der Waals surface area (Å²) in [6.45, 7) is 3.04. The van der Waals surface area contributed by atoms with Crippen LogP contribution in [0.25, 0.3) is 5.65 Å². The molecule has 0 aliphatic carbocycles. The van der Waals surface area contributed by atoms with Gasteiger partial charge < -0.3 is 4.74 Å². The van der Waals surface area contributed by atoms with Gasteiger partial charge in [0, 0.05) is 17.8 Å². The van der Waals surface area contributed by atoms with Crippen molar-refractivity contribution in [3.8, 4) is 0 Å². The predicted molar refractivity (Wildman–Crippen MR) is 97.7 cm³/mol. The fourth-order valence-electron chi connectivity index (χ4n) is 2.77. The fraction of sp³-hybridized carbons (Fsp3) is 0.158. The fourth-order valence-corrected chi connectivity index (χ4v) is 2.77. The van der Waals surface area contributed by atoms with Crippen molar-refractivity contribution in [1.29, 1.82) is 0 Å². The summed E-state index contributed by atoms with van der Waals surface area (Å²) in [6.07, 6.45) is 1.42. The van der Waals surface area contributed by atoms with Crippen LogP contribution in [0.1, 0.15) is 50.7 Å². The third-order valence-electron chi connectivity index (χ3n) is 4.06. The zero-order valence-corrected chi connectivity index (χ0v) is 15.0. The molecule has 9 nitrogen and oxygen atoms in total. The van der Waals surface area contributed by atoms with Crippen LogP contribution < -0.4 is 0 Å². The van der Waals surface area contributed by atoms with E-state index in [0.717, 1.165) is 0 Å². The maximum absolute atomic E-state index is 13.2. The number of nitrogens with zero attached hydrogens (tertiary/aromatic N) is 3. The Balaban J connectivity index is 2.27. The number of pyridine rings is 1. The number of nitro groups is 1. The van der Waals surface area contributed by atoms with Gasteiger partial charge in [0.25, 0.3) is 5.69 Å². The number of hydrogen-bond acceptors (Lipinski definition) is 7. The number of esters is 1. The van der Waals surface area contributed by atoms with Gasteiger partial charge in [-0.25, -0.2) is 9.78 Å². The number of hydrogen-bond donors (Lipinski definition) is 0. The summed E-state index contributed by atoms with van der Waals surface area (Å²) < 4.78 is 6.29. The summed E-state index contributed by atoms with van der Waals surface area (Å²) in [5, 5.41) is 11.3. The maximum Gasteiger partial charge on any atom is 0.359 e. The number of para-hydroxylation sites is 1. The van der Waals surface area contributed by atoms with Crippen LogP contribution in [0.2, 0.25) is 0 Å². The van der Waals surface area contributed by atoms with Crippen LogP contribution in [0.5, 0.6) is 0 Å². The Bertz CT molecular complexity index is 1130. The van der Waals surface area contributed by atoms with Crippen molar-refractivity contribution in [2.24, 2.45) is 0 Å². The minimum Gasteiger partial charge on any atom is -0.461 e. The van der Waals surface area contributed by atoms with Gasteiger partial charge in [0.15, 0.2) is 11.5 Å². The molecule has 2 heterocycles. The molecule has 0 saturated carbocycles. The quantitative estimate of drug-likeness (QED) is 0.278.